The molecule has 0 N–H and O–H groups in total. The van der Waals surface area contributed by atoms with Crippen molar-refractivity contribution in [3.8, 4) is 0 Å². The largest absolute Gasteiger partial charge is 0.302 e. The lowest BCUT2D eigenvalue weighted by molar-refractivity contribution is -0.108. The molecule has 0 spiro atoms. The summed E-state index contributed by atoms with van der Waals surface area (Å²) in [5.41, 5.74) is 3.29. The van der Waals surface area contributed by atoms with Crippen LogP contribution in [-0.4, -0.2) is 14.4 Å². The number of carbonyl (C=O) groups excluding carboxylic acids is 1. The van der Waals surface area contributed by atoms with Gasteiger partial charge in [-0.15, -0.1) is 0 Å². The van der Waals surface area contributed by atoms with Gasteiger partial charge in [0.05, 0.1) is 14.0 Å². The Morgan fingerprint density at radius 1 is 1.13 bits per heavy atom. The third-order valence-corrected chi connectivity index (χ3v) is 3.33. The fourth-order valence-electron chi connectivity index (χ4n) is 1.30. The van der Waals surface area contributed by atoms with E-state index in [2.05, 4.69) is 25.3 Å². The molecule has 0 aliphatic heterocycles. The third kappa shape index (κ3) is 4.26. The van der Waals surface area contributed by atoms with Crippen molar-refractivity contribution in [2.75, 3.05) is 0 Å². The molecule has 0 fully saturated rings. The van der Waals surface area contributed by atoms with E-state index in [9.17, 15) is 4.79 Å². The summed E-state index contributed by atoms with van der Waals surface area (Å²) < 4.78 is 0. The molecular weight excluding hydrogens is 200 g/mol. The first-order valence-electron chi connectivity index (χ1n) is 5.22. The Labute approximate surface area is 92.8 Å². The monoisotopic (exact) mass is 218 g/mol. The summed E-state index contributed by atoms with van der Waals surface area (Å²) in [6.45, 7) is 6.78. The summed E-state index contributed by atoms with van der Waals surface area (Å²) in [5.74, 6) is -0.0853. The summed E-state index contributed by atoms with van der Waals surface area (Å²) in [7, 11) is -1.21. The predicted molar refractivity (Wildman–Crippen MR) is 67.7 cm³/mol. The zero-order chi connectivity index (χ0) is 11.3. The number of hydrogen-bond donors (Lipinski definition) is 0. The highest BCUT2D eigenvalue weighted by atomic mass is 28.3. The first-order chi connectivity index (χ1) is 7.03. The first-order valence-corrected chi connectivity index (χ1v) is 8.80. The maximum absolute atomic E-state index is 11.0. The molecule has 1 unspecified atom stereocenters. The Bertz CT molecular complexity index is 335. The van der Waals surface area contributed by atoms with Crippen LogP contribution >= 0.6 is 0 Å². The third-order valence-electron chi connectivity index (χ3n) is 2.13. The van der Waals surface area contributed by atoms with Crippen LogP contribution in [0.5, 0.6) is 0 Å². The van der Waals surface area contributed by atoms with Gasteiger partial charge in [-0.2, -0.15) is 0 Å². The highest BCUT2D eigenvalue weighted by Gasteiger charge is 2.10. The van der Waals surface area contributed by atoms with Crippen LogP contribution in [-0.2, 0) is 4.79 Å². The highest BCUT2D eigenvalue weighted by Crippen LogP contribution is 2.16. The number of benzene rings is 1. The van der Waals surface area contributed by atoms with Gasteiger partial charge in [0.25, 0.3) is 0 Å². The summed E-state index contributed by atoms with van der Waals surface area (Å²) in [6, 6.07) is 9.89. The number of allylic oxidation sites excluding steroid dienone is 1. The van der Waals surface area contributed by atoms with Crippen molar-refractivity contribution < 1.29 is 4.79 Å². The molecule has 1 atom stereocenters. The van der Waals surface area contributed by atoms with Crippen molar-refractivity contribution in [3.05, 3.63) is 47.7 Å². The number of rotatable bonds is 4. The van der Waals surface area contributed by atoms with Crippen LogP contribution in [0.3, 0.4) is 0 Å². The van der Waals surface area contributed by atoms with Crippen molar-refractivity contribution in [3.63, 3.8) is 0 Å². The van der Waals surface area contributed by atoms with E-state index < -0.39 is 8.07 Å². The van der Waals surface area contributed by atoms with E-state index in [0.29, 0.717) is 0 Å². The van der Waals surface area contributed by atoms with Crippen LogP contribution in [0, 0.1) is 0 Å². The lowest BCUT2D eigenvalue weighted by Crippen LogP contribution is -2.16. The molecule has 2 heteroatoms. The van der Waals surface area contributed by atoms with Gasteiger partial charge in [-0.05, 0) is 5.56 Å². The minimum Gasteiger partial charge on any atom is -0.302 e. The molecule has 0 bridgehead atoms. The molecule has 0 aliphatic carbocycles. The zero-order valence-corrected chi connectivity index (χ0v) is 10.6. The van der Waals surface area contributed by atoms with E-state index in [0.717, 1.165) is 11.8 Å². The molecule has 0 radical (unpaired) electrons. The van der Waals surface area contributed by atoms with Crippen molar-refractivity contribution in [2.24, 2.45) is 0 Å². The van der Waals surface area contributed by atoms with Crippen molar-refractivity contribution in [1.29, 1.82) is 0 Å². The second kappa shape index (κ2) is 5.08. The average molecular weight is 218 g/mol. The molecule has 1 aromatic carbocycles. The molecule has 0 saturated carbocycles. The van der Waals surface area contributed by atoms with Crippen molar-refractivity contribution in [1.82, 2.24) is 0 Å². The van der Waals surface area contributed by atoms with Gasteiger partial charge in [0, 0.05) is 0 Å². The smallest absolute Gasteiger partial charge is 0.131 e. The number of aldehydes is 1. The molecule has 1 rings (SSSR count). The number of carbonyl (C=O) groups is 1. The van der Waals surface area contributed by atoms with Gasteiger partial charge in [-0.25, -0.2) is 0 Å². The second-order valence-electron chi connectivity index (χ2n) is 4.80. The summed E-state index contributed by atoms with van der Waals surface area (Å²) in [5, 5.41) is 0. The molecule has 0 saturated heterocycles. The maximum atomic E-state index is 11.0. The molecule has 1 aromatic rings. The molecule has 80 valence electrons. The number of hydrogen-bond acceptors (Lipinski definition) is 1. The van der Waals surface area contributed by atoms with E-state index in [-0.39, 0.29) is 5.92 Å². The molecule has 1 nitrogen and oxygen atoms in total. The van der Waals surface area contributed by atoms with E-state index >= 15 is 0 Å². The summed E-state index contributed by atoms with van der Waals surface area (Å²) >= 11 is 0. The van der Waals surface area contributed by atoms with E-state index in [1.165, 1.54) is 0 Å². The lowest BCUT2D eigenvalue weighted by atomic mass is 10.0. The Morgan fingerprint density at radius 3 is 2.20 bits per heavy atom. The molecular formula is C13H18OSi. The summed E-state index contributed by atoms with van der Waals surface area (Å²) in [4.78, 5) is 11.0. The lowest BCUT2D eigenvalue weighted by Gasteiger charge is -2.11. The second-order valence-corrected chi connectivity index (χ2v) is 9.86. The first kappa shape index (κ1) is 11.9. The Kier molecular flexibility index (Phi) is 4.03. The molecule has 0 aliphatic rings. The molecule has 0 heterocycles. The summed E-state index contributed by atoms with van der Waals surface area (Å²) in [6.07, 6.45) is 3.04. The standard InChI is InChI=1S/C13H18OSi/c1-15(2,3)10-9-13(11-14)12-7-5-4-6-8-12/h4-11,13H,1-3H3/b10-9+. The van der Waals surface area contributed by atoms with Crippen LogP contribution in [0.25, 0.3) is 0 Å². The minimum atomic E-state index is -1.21. The van der Waals surface area contributed by atoms with Crippen LogP contribution in [0.1, 0.15) is 11.5 Å². The molecule has 15 heavy (non-hydrogen) atoms. The van der Waals surface area contributed by atoms with Gasteiger partial charge in [-0.1, -0.05) is 61.7 Å². The molecule has 0 amide bonds. The van der Waals surface area contributed by atoms with Gasteiger partial charge < -0.3 is 4.79 Å². The van der Waals surface area contributed by atoms with E-state index in [1.54, 1.807) is 0 Å². The van der Waals surface area contributed by atoms with Crippen molar-refractivity contribution in [2.45, 2.75) is 25.6 Å². The fourth-order valence-corrected chi connectivity index (χ4v) is 2.09. The van der Waals surface area contributed by atoms with Crippen LogP contribution < -0.4 is 0 Å². The normalized spacial score (nSPS) is 14.1. The van der Waals surface area contributed by atoms with Gasteiger partial charge in [-0.3, -0.25) is 0 Å². The quantitative estimate of drug-likeness (QED) is 0.559. The minimum absolute atomic E-state index is 0.0853. The molecule has 0 aromatic heterocycles. The van der Waals surface area contributed by atoms with Gasteiger partial charge in [0.15, 0.2) is 0 Å². The van der Waals surface area contributed by atoms with Crippen LogP contribution in [0.2, 0.25) is 19.6 Å². The Balaban J connectivity index is 2.83. The van der Waals surface area contributed by atoms with E-state index in [4.69, 9.17) is 0 Å². The van der Waals surface area contributed by atoms with Gasteiger partial charge in [0.1, 0.15) is 6.29 Å². The van der Waals surface area contributed by atoms with Crippen molar-refractivity contribution >= 4 is 14.4 Å². The maximum Gasteiger partial charge on any atom is 0.131 e. The van der Waals surface area contributed by atoms with Crippen LogP contribution in [0.4, 0.5) is 0 Å². The van der Waals surface area contributed by atoms with Crippen LogP contribution in [0.15, 0.2) is 42.1 Å². The van der Waals surface area contributed by atoms with E-state index in [1.807, 2.05) is 36.4 Å². The topological polar surface area (TPSA) is 17.1 Å². The average Bonchev–Trinajstić information content (AvgIpc) is 2.19. The predicted octanol–water partition coefficient (Wildman–Crippen LogP) is 3.40. The Hall–Kier alpha value is -1.15. The SMILES string of the molecule is C[Si](C)(C)/C=C/C(C=O)c1ccccc1. The van der Waals surface area contributed by atoms with Gasteiger partial charge >= 0.3 is 0 Å². The highest BCUT2D eigenvalue weighted by molar-refractivity contribution is 6.80. The fraction of sp³-hybridized carbons (Fsp3) is 0.308. The zero-order valence-electron chi connectivity index (χ0n) is 9.60. The Morgan fingerprint density at radius 2 is 1.73 bits per heavy atom. The van der Waals surface area contributed by atoms with Gasteiger partial charge in [0.2, 0.25) is 0 Å².